The highest BCUT2D eigenvalue weighted by Gasteiger charge is 2.36. The molecule has 0 saturated carbocycles. The van der Waals surface area contributed by atoms with Crippen LogP contribution in [0, 0.1) is 11.7 Å². The number of nitrogens with zero attached hydrogens (tertiary/aromatic N) is 3. The molecule has 1 amide bonds. The van der Waals surface area contributed by atoms with Gasteiger partial charge in [-0.15, -0.1) is 0 Å². The first-order valence-corrected chi connectivity index (χ1v) is 12.2. The molecule has 3 saturated heterocycles. The zero-order chi connectivity index (χ0) is 20.4. The van der Waals surface area contributed by atoms with E-state index in [0.29, 0.717) is 18.9 Å². The molecule has 0 radical (unpaired) electrons. The van der Waals surface area contributed by atoms with Crippen molar-refractivity contribution in [3.63, 3.8) is 0 Å². The number of hydrogen-bond donors (Lipinski definition) is 0. The molecule has 6 nitrogen and oxygen atoms in total. The molecule has 0 aliphatic carbocycles. The summed E-state index contributed by atoms with van der Waals surface area (Å²) in [6.45, 7) is 4.50. The van der Waals surface area contributed by atoms with E-state index < -0.39 is 15.8 Å². The molecule has 4 rings (SSSR count). The van der Waals surface area contributed by atoms with Crippen molar-refractivity contribution in [1.29, 1.82) is 0 Å². The number of carbonyl (C=O) groups excluding carboxylic acids is 1. The minimum atomic E-state index is -3.86. The number of amides is 1. The molecule has 3 heterocycles. The van der Waals surface area contributed by atoms with Crippen molar-refractivity contribution in [2.24, 2.45) is 5.92 Å². The first kappa shape index (κ1) is 20.8. The molecule has 29 heavy (non-hydrogen) atoms. The second-order valence-corrected chi connectivity index (χ2v) is 10.3. The summed E-state index contributed by atoms with van der Waals surface area (Å²) in [5, 5.41) is 0. The highest BCUT2D eigenvalue weighted by atomic mass is 32.2. The topological polar surface area (TPSA) is 60.9 Å². The summed E-state index contributed by atoms with van der Waals surface area (Å²) in [6, 6.07) is 6.07. The van der Waals surface area contributed by atoms with Gasteiger partial charge in [-0.1, -0.05) is 12.1 Å². The number of likely N-dealkylation sites (tertiary alicyclic amines) is 2. The Morgan fingerprint density at radius 2 is 1.52 bits per heavy atom. The van der Waals surface area contributed by atoms with Crippen LogP contribution < -0.4 is 0 Å². The largest absolute Gasteiger partial charge is 0.342 e. The van der Waals surface area contributed by atoms with Crippen molar-refractivity contribution in [3.05, 3.63) is 30.1 Å². The Hall–Kier alpha value is -1.51. The van der Waals surface area contributed by atoms with Crippen LogP contribution in [0.4, 0.5) is 4.39 Å². The van der Waals surface area contributed by atoms with E-state index >= 15 is 0 Å². The third-order valence-corrected chi connectivity index (χ3v) is 8.62. The lowest BCUT2D eigenvalue weighted by Crippen LogP contribution is -2.49. The average Bonchev–Trinajstić information content (AvgIpc) is 3.28. The fourth-order valence-corrected chi connectivity index (χ4v) is 6.49. The highest BCUT2D eigenvalue weighted by molar-refractivity contribution is 7.89. The summed E-state index contributed by atoms with van der Waals surface area (Å²) in [7, 11) is -3.86. The third kappa shape index (κ3) is 4.34. The molecule has 3 aliphatic rings. The molecule has 160 valence electrons. The molecule has 1 aromatic carbocycles. The van der Waals surface area contributed by atoms with Gasteiger partial charge < -0.3 is 9.80 Å². The smallest absolute Gasteiger partial charge is 0.245 e. The SMILES string of the molecule is O=C(C1CCN(S(=O)(=O)c2ccccc2F)CC1)N1CCC(N2CCCC2)CC1. The number of carbonyl (C=O) groups is 1. The first-order valence-electron chi connectivity index (χ1n) is 10.7. The average molecular weight is 424 g/mol. The Morgan fingerprint density at radius 1 is 0.897 bits per heavy atom. The van der Waals surface area contributed by atoms with Gasteiger partial charge in [-0.3, -0.25) is 4.79 Å². The monoisotopic (exact) mass is 423 g/mol. The molecule has 8 heteroatoms. The summed E-state index contributed by atoms with van der Waals surface area (Å²) in [5.74, 6) is -0.704. The van der Waals surface area contributed by atoms with Gasteiger partial charge in [-0.25, -0.2) is 12.8 Å². The van der Waals surface area contributed by atoms with Gasteiger partial charge in [-0.2, -0.15) is 4.31 Å². The molecule has 0 bridgehead atoms. The molecule has 0 spiro atoms. The van der Waals surface area contributed by atoms with E-state index in [1.807, 2.05) is 4.90 Å². The van der Waals surface area contributed by atoms with Crippen LogP contribution in [-0.4, -0.2) is 73.7 Å². The molecular formula is C21H30FN3O3S. The maximum absolute atomic E-state index is 14.0. The van der Waals surface area contributed by atoms with Gasteiger partial charge in [0.2, 0.25) is 15.9 Å². The van der Waals surface area contributed by atoms with Crippen LogP contribution in [-0.2, 0) is 14.8 Å². The van der Waals surface area contributed by atoms with Gasteiger partial charge in [0.25, 0.3) is 0 Å². The minimum absolute atomic E-state index is 0.134. The zero-order valence-electron chi connectivity index (χ0n) is 16.8. The summed E-state index contributed by atoms with van der Waals surface area (Å²) >= 11 is 0. The normalized spacial score (nSPS) is 23.6. The van der Waals surface area contributed by atoms with Crippen LogP contribution >= 0.6 is 0 Å². The number of hydrogen-bond acceptors (Lipinski definition) is 4. The van der Waals surface area contributed by atoms with Crippen LogP contribution in [0.5, 0.6) is 0 Å². The second-order valence-electron chi connectivity index (χ2n) is 8.41. The van der Waals surface area contributed by atoms with Crippen LogP contribution in [0.1, 0.15) is 38.5 Å². The number of rotatable bonds is 4. The molecule has 0 unspecified atom stereocenters. The Morgan fingerprint density at radius 3 is 2.14 bits per heavy atom. The van der Waals surface area contributed by atoms with E-state index in [9.17, 15) is 17.6 Å². The van der Waals surface area contributed by atoms with Crippen LogP contribution in [0.25, 0.3) is 0 Å². The van der Waals surface area contributed by atoms with E-state index in [0.717, 1.165) is 32.0 Å². The molecular weight excluding hydrogens is 393 g/mol. The second kappa shape index (κ2) is 8.70. The predicted octanol–water partition coefficient (Wildman–Crippen LogP) is 2.31. The lowest BCUT2D eigenvalue weighted by Gasteiger charge is -2.39. The number of piperidine rings is 2. The van der Waals surface area contributed by atoms with E-state index in [-0.39, 0.29) is 29.8 Å². The quantitative estimate of drug-likeness (QED) is 0.746. The lowest BCUT2D eigenvalue weighted by molar-refractivity contribution is -0.138. The van der Waals surface area contributed by atoms with Crippen molar-refractivity contribution >= 4 is 15.9 Å². The Bertz CT molecular complexity index is 825. The van der Waals surface area contributed by atoms with E-state index in [1.54, 1.807) is 0 Å². The van der Waals surface area contributed by atoms with Gasteiger partial charge in [0.15, 0.2) is 0 Å². The van der Waals surface area contributed by atoms with Gasteiger partial charge in [0.05, 0.1) is 0 Å². The Kier molecular flexibility index (Phi) is 6.22. The molecule has 3 aliphatic heterocycles. The molecule has 3 fully saturated rings. The van der Waals surface area contributed by atoms with Crippen molar-refractivity contribution in [1.82, 2.24) is 14.1 Å². The highest BCUT2D eigenvalue weighted by Crippen LogP contribution is 2.28. The first-order chi connectivity index (χ1) is 14.0. The van der Waals surface area contributed by atoms with Crippen molar-refractivity contribution in [2.45, 2.75) is 49.5 Å². The summed E-state index contributed by atoms with van der Waals surface area (Å²) in [6.07, 6.45) is 5.64. The molecule has 0 aromatic heterocycles. The molecule has 1 aromatic rings. The number of sulfonamides is 1. The van der Waals surface area contributed by atoms with Crippen molar-refractivity contribution < 1.29 is 17.6 Å². The van der Waals surface area contributed by atoms with Crippen LogP contribution in [0.2, 0.25) is 0 Å². The van der Waals surface area contributed by atoms with Gasteiger partial charge >= 0.3 is 0 Å². The van der Waals surface area contributed by atoms with E-state index in [2.05, 4.69) is 4.90 Å². The van der Waals surface area contributed by atoms with Crippen molar-refractivity contribution in [2.75, 3.05) is 39.3 Å². The number of halogens is 1. The van der Waals surface area contributed by atoms with Gasteiger partial charge in [-0.05, 0) is 63.7 Å². The zero-order valence-corrected chi connectivity index (χ0v) is 17.6. The fraction of sp³-hybridized carbons (Fsp3) is 0.667. The fourth-order valence-electron chi connectivity index (χ4n) is 4.95. The number of benzene rings is 1. The maximum atomic E-state index is 14.0. The van der Waals surface area contributed by atoms with Crippen LogP contribution in [0.3, 0.4) is 0 Å². The molecule has 0 atom stereocenters. The van der Waals surface area contributed by atoms with Crippen molar-refractivity contribution in [3.8, 4) is 0 Å². The summed E-state index contributed by atoms with van der Waals surface area (Å²) in [4.78, 5) is 17.2. The van der Waals surface area contributed by atoms with Gasteiger partial charge in [0.1, 0.15) is 10.7 Å². The predicted molar refractivity (Wildman–Crippen MR) is 108 cm³/mol. The maximum Gasteiger partial charge on any atom is 0.245 e. The van der Waals surface area contributed by atoms with E-state index in [1.165, 1.54) is 48.4 Å². The Balaban J connectivity index is 1.30. The standard InChI is InChI=1S/C21H30FN3O3S/c22-19-5-1-2-6-20(19)29(27,28)25-15-7-17(8-16-25)21(26)24-13-9-18(10-14-24)23-11-3-4-12-23/h1-2,5-6,17-18H,3-4,7-16H2. The summed E-state index contributed by atoms with van der Waals surface area (Å²) in [5.41, 5.74) is 0. The van der Waals surface area contributed by atoms with Gasteiger partial charge in [0, 0.05) is 38.1 Å². The summed E-state index contributed by atoms with van der Waals surface area (Å²) < 4.78 is 40.7. The van der Waals surface area contributed by atoms with E-state index in [4.69, 9.17) is 0 Å². The lowest BCUT2D eigenvalue weighted by atomic mass is 9.94. The molecule has 0 N–H and O–H groups in total. The Labute approximate surface area is 172 Å². The minimum Gasteiger partial charge on any atom is -0.342 e. The third-order valence-electron chi connectivity index (χ3n) is 6.69. The van der Waals surface area contributed by atoms with Crippen LogP contribution in [0.15, 0.2) is 29.2 Å².